The molecule has 0 heterocycles. The van der Waals surface area contributed by atoms with E-state index in [1.165, 1.54) is 0 Å². The topological polar surface area (TPSA) is 47.6 Å². The highest BCUT2D eigenvalue weighted by atomic mass is 16.7. The van der Waals surface area contributed by atoms with Crippen molar-refractivity contribution in [2.24, 2.45) is 0 Å². The van der Waals surface area contributed by atoms with Crippen LogP contribution in [0.5, 0.6) is 5.75 Å². The highest BCUT2D eigenvalue weighted by Crippen LogP contribution is 2.15. The second kappa shape index (κ2) is 6.03. The van der Waals surface area contributed by atoms with E-state index in [4.69, 9.17) is 9.57 Å². The zero-order valence-electron chi connectivity index (χ0n) is 8.95. The van der Waals surface area contributed by atoms with Crippen LogP contribution in [0.15, 0.2) is 24.3 Å². The van der Waals surface area contributed by atoms with Crippen molar-refractivity contribution in [1.29, 1.82) is 0 Å². The molecule has 1 aromatic rings. The largest absolute Gasteiger partial charge is 0.483 e. The minimum atomic E-state index is -0.292. The van der Waals surface area contributed by atoms with Crippen LogP contribution < -0.4 is 10.2 Å². The van der Waals surface area contributed by atoms with Gasteiger partial charge in [-0.05, 0) is 25.5 Å². The van der Waals surface area contributed by atoms with Crippen molar-refractivity contribution in [3.05, 3.63) is 29.8 Å². The second-order valence-electron chi connectivity index (χ2n) is 3.01. The van der Waals surface area contributed by atoms with Crippen molar-refractivity contribution < 1.29 is 14.4 Å². The molecule has 0 spiro atoms. The molecular weight excluding hydrogens is 194 g/mol. The molecule has 1 aromatic carbocycles. The lowest BCUT2D eigenvalue weighted by atomic mass is 10.2. The zero-order valence-corrected chi connectivity index (χ0v) is 8.95. The van der Waals surface area contributed by atoms with E-state index < -0.39 is 0 Å². The first-order valence-corrected chi connectivity index (χ1v) is 4.83. The summed E-state index contributed by atoms with van der Waals surface area (Å²) in [6, 6.07) is 7.53. The molecule has 82 valence electrons. The van der Waals surface area contributed by atoms with E-state index in [2.05, 4.69) is 5.48 Å². The second-order valence-corrected chi connectivity index (χ2v) is 3.01. The summed E-state index contributed by atoms with van der Waals surface area (Å²) in [6.45, 7) is 4.12. The number of hydrogen-bond donors (Lipinski definition) is 1. The summed E-state index contributed by atoms with van der Waals surface area (Å²) in [5, 5.41) is 0. The number of para-hydroxylation sites is 1. The Labute approximate surface area is 89.1 Å². The number of nitrogens with one attached hydrogen (secondary N) is 1. The first-order chi connectivity index (χ1) is 7.24. The van der Waals surface area contributed by atoms with Gasteiger partial charge in [-0.25, -0.2) is 5.48 Å². The van der Waals surface area contributed by atoms with Crippen LogP contribution >= 0.6 is 0 Å². The number of benzene rings is 1. The minimum Gasteiger partial charge on any atom is -0.483 e. The highest BCUT2D eigenvalue weighted by Gasteiger charge is 2.03. The summed E-state index contributed by atoms with van der Waals surface area (Å²) >= 11 is 0. The van der Waals surface area contributed by atoms with E-state index in [0.29, 0.717) is 12.4 Å². The molecule has 0 saturated heterocycles. The predicted molar refractivity (Wildman–Crippen MR) is 56.4 cm³/mol. The number of rotatable bonds is 5. The van der Waals surface area contributed by atoms with Gasteiger partial charge in [-0.3, -0.25) is 9.63 Å². The quantitative estimate of drug-likeness (QED) is 0.746. The Morgan fingerprint density at radius 2 is 2.13 bits per heavy atom. The van der Waals surface area contributed by atoms with Gasteiger partial charge in [-0.1, -0.05) is 18.2 Å². The SMILES string of the molecule is CCONC(=O)COc1ccccc1C. The summed E-state index contributed by atoms with van der Waals surface area (Å²) in [5.41, 5.74) is 3.26. The number of aryl methyl sites for hydroxylation is 1. The Balaban J connectivity index is 2.37. The maximum atomic E-state index is 11.1. The fourth-order valence-corrected chi connectivity index (χ4v) is 1.04. The molecule has 0 aromatic heterocycles. The molecule has 0 fully saturated rings. The van der Waals surface area contributed by atoms with Crippen LogP contribution in [0.4, 0.5) is 0 Å². The normalized spacial score (nSPS) is 9.73. The van der Waals surface area contributed by atoms with Crippen molar-refractivity contribution in [2.45, 2.75) is 13.8 Å². The van der Waals surface area contributed by atoms with Crippen molar-refractivity contribution in [1.82, 2.24) is 5.48 Å². The van der Waals surface area contributed by atoms with E-state index in [9.17, 15) is 4.79 Å². The summed E-state index contributed by atoms with van der Waals surface area (Å²) in [6.07, 6.45) is 0. The Morgan fingerprint density at radius 1 is 1.40 bits per heavy atom. The van der Waals surface area contributed by atoms with Gasteiger partial charge in [0.15, 0.2) is 6.61 Å². The van der Waals surface area contributed by atoms with Crippen LogP contribution in [-0.2, 0) is 9.63 Å². The number of carbonyl (C=O) groups excluding carboxylic acids is 1. The van der Waals surface area contributed by atoms with E-state index in [-0.39, 0.29) is 12.5 Å². The molecule has 1 amide bonds. The molecule has 0 aliphatic carbocycles. The lowest BCUT2D eigenvalue weighted by molar-refractivity contribution is -0.135. The smallest absolute Gasteiger partial charge is 0.281 e. The van der Waals surface area contributed by atoms with Gasteiger partial charge in [0, 0.05) is 0 Å². The maximum Gasteiger partial charge on any atom is 0.281 e. The van der Waals surface area contributed by atoms with Crippen molar-refractivity contribution in [3.8, 4) is 5.75 Å². The maximum absolute atomic E-state index is 11.1. The zero-order chi connectivity index (χ0) is 11.1. The molecule has 0 saturated carbocycles. The van der Waals surface area contributed by atoms with Gasteiger partial charge >= 0.3 is 0 Å². The molecule has 0 atom stereocenters. The van der Waals surface area contributed by atoms with Crippen LogP contribution in [0.1, 0.15) is 12.5 Å². The number of amides is 1. The van der Waals surface area contributed by atoms with E-state index in [1.54, 1.807) is 6.92 Å². The Hall–Kier alpha value is -1.55. The van der Waals surface area contributed by atoms with E-state index in [0.717, 1.165) is 5.56 Å². The third-order valence-electron chi connectivity index (χ3n) is 1.78. The van der Waals surface area contributed by atoms with Crippen LogP contribution in [0.2, 0.25) is 0 Å². The third kappa shape index (κ3) is 3.99. The van der Waals surface area contributed by atoms with Crippen molar-refractivity contribution >= 4 is 5.91 Å². The average molecular weight is 209 g/mol. The molecule has 0 unspecified atom stereocenters. The fourth-order valence-electron chi connectivity index (χ4n) is 1.04. The van der Waals surface area contributed by atoms with Gasteiger partial charge in [0.1, 0.15) is 5.75 Å². The number of hydrogen-bond acceptors (Lipinski definition) is 3. The van der Waals surface area contributed by atoms with Gasteiger partial charge in [-0.2, -0.15) is 0 Å². The van der Waals surface area contributed by atoms with Crippen LogP contribution in [-0.4, -0.2) is 19.1 Å². The Morgan fingerprint density at radius 3 is 2.80 bits per heavy atom. The highest BCUT2D eigenvalue weighted by molar-refractivity contribution is 5.76. The first kappa shape index (κ1) is 11.5. The molecule has 1 N–H and O–H groups in total. The van der Waals surface area contributed by atoms with Gasteiger partial charge < -0.3 is 4.74 Å². The number of carbonyl (C=O) groups is 1. The van der Waals surface area contributed by atoms with Gasteiger partial charge in [0.25, 0.3) is 5.91 Å². The first-order valence-electron chi connectivity index (χ1n) is 4.83. The third-order valence-corrected chi connectivity index (χ3v) is 1.78. The van der Waals surface area contributed by atoms with Crippen LogP contribution in [0.3, 0.4) is 0 Å². The molecule has 0 radical (unpaired) electrons. The monoisotopic (exact) mass is 209 g/mol. The van der Waals surface area contributed by atoms with E-state index in [1.807, 2.05) is 31.2 Å². The van der Waals surface area contributed by atoms with Crippen molar-refractivity contribution in [2.75, 3.05) is 13.2 Å². The summed E-state index contributed by atoms with van der Waals surface area (Å²) in [4.78, 5) is 15.9. The standard InChI is InChI=1S/C11H15NO3/c1-3-15-12-11(13)8-14-10-7-5-4-6-9(10)2/h4-7H,3,8H2,1-2H3,(H,12,13). The molecule has 0 aliphatic rings. The van der Waals surface area contributed by atoms with Gasteiger partial charge in [-0.15, -0.1) is 0 Å². The van der Waals surface area contributed by atoms with Crippen LogP contribution in [0, 0.1) is 6.92 Å². The molecule has 4 heteroatoms. The van der Waals surface area contributed by atoms with Gasteiger partial charge in [0.05, 0.1) is 6.61 Å². The molecule has 0 bridgehead atoms. The van der Waals surface area contributed by atoms with E-state index >= 15 is 0 Å². The lowest BCUT2D eigenvalue weighted by Gasteiger charge is -2.08. The molecule has 1 rings (SSSR count). The predicted octanol–water partition coefficient (Wildman–Crippen LogP) is 1.44. The fraction of sp³-hybridized carbons (Fsp3) is 0.364. The Bertz CT molecular complexity index is 325. The molecule has 4 nitrogen and oxygen atoms in total. The Kier molecular flexibility index (Phi) is 4.63. The van der Waals surface area contributed by atoms with Crippen molar-refractivity contribution in [3.63, 3.8) is 0 Å². The summed E-state index contributed by atoms with van der Waals surface area (Å²) in [5.74, 6) is 0.421. The lowest BCUT2D eigenvalue weighted by Crippen LogP contribution is -2.29. The summed E-state index contributed by atoms with van der Waals surface area (Å²) < 4.78 is 5.30. The minimum absolute atomic E-state index is 0.0369. The molecule has 0 aliphatic heterocycles. The molecular formula is C11H15NO3. The van der Waals surface area contributed by atoms with Crippen LogP contribution in [0.25, 0.3) is 0 Å². The number of ether oxygens (including phenoxy) is 1. The molecule has 15 heavy (non-hydrogen) atoms. The van der Waals surface area contributed by atoms with Gasteiger partial charge in [0.2, 0.25) is 0 Å². The average Bonchev–Trinajstić information content (AvgIpc) is 2.25. The summed E-state index contributed by atoms with van der Waals surface area (Å²) in [7, 11) is 0. The number of hydroxylamine groups is 1.